The van der Waals surface area contributed by atoms with Gasteiger partial charge < -0.3 is 15.5 Å². The Hall–Kier alpha value is -2.51. The molecule has 0 amide bonds. The Morgan fingerprint density at radius 2 is 1.46 bits per heavy atom. The maximum atomic E-state index is 9.39. The fourth-order valence-electron chi connectivity index (χ4n) is 3.53. The van der Waals surface area contributed by atoms with Crippen LogP contribution in [0.4, 0.5) is 5.69 Å². The maximum absolute atomic E-state index is 9.39. The van der Waals surface area contributed by atoms with E-state index < -0.39 is 7.25 Å². The molecule has 0 spiro atoms. The number of hydrogen-bond acceptors (Lipinski definition) is 5. The summed E-state index contributed by atoms with van der Waals surface area (Å²) in [5, 5.41) is 23.6. The Labute approximate surface area is 155 Å². The van der Waals surface area contributed by atoms with Gasteiger partial charge in [0.1, 0.15) is 0 Å². The third kappa shape index (κ3) is 2.47. The van der Waals surface area contributed by atoms with Gasteiger partial charge in [-0.2, -0.15) is 0 Å². The molecule has 5 rings (SSSR count). The van der Waals surface area contributed by atoms with Crippen LogP contribution >= 0.6 is 11.9 Å². The minimum atomic E-state index is -1.56. The lowest BCUT2D eigenvalue weighted by Gasteiger charge is -2.13. The smallest absolute Gasteiger partial charge is 0.411 e. The highest BCUT2D eigenvalue weighted by Gasteiger charge is 2.29. The van der Waals surface area contributed by atoms with Crippen molar-refractivity contribution in [2.75, 3.05) is 5.43 Å². The number of hydrazine groups is 1. The number of benzene rings is 4. The van der Waals surface area contributed by atoms with Crippen molar-refractivity contribution in [3.8, 4) is 11.1 Å². The first-order chi connectivity index (χ1) is 12.7. The predicted molar refractivity (Wildman–Crippen MR) is 108 cm³/mol. The first-order valence-corrected chi connectivity index (χ1v) is 9.13. The summed E-state index contributed by atoms with van der Waals surface area (Å²) in [6.07, 6.45) is 0. The maximum Gasteiger partial charge on any atom is 0.582 e. The molecule has 0 unspecified atom stereocenters. The highest BCUT2D eigenvalue weighted by Crippen LogP contribution is 2.42. The molecule has 0 aliphatic carbocycles. The van der Waals surface area contributed by atoms with E-state index in [1.165, 1.54) is 43.4 Å². The third-order valence-corrected chi connectivity index (χ3v) is 5.71. The molecule has 1 aliphatic heterocycles. The molecule has 0 aromatic heterocycles. The molecule has 1 heterocycles. The Bertz CT molecular complexity index is 1100. The number of nitrogens with one attached hydrogen (secondary N) is 1. The van der Waals surface area contributed by atoms with Crippen molar-refractivity contribution in [2.45, 2.75) is 4.90 Å². The first-order valence-electron chi connectivity index (χ1n) is 8.35. The highest BCUT2D eigenvalue weighted by molar-refractivity contribution is 7.98. The number of rotatable bonds is 2. The monoisotopic (exact) mass is 358 g/mol. The van der Waals surface area contributed by atoms with E-state index in [0.29, 0.717) is 0 Å². The summed E-state index contributed by atoms with van der Waals surface area (Å²) in [6, 6.07) is 25.2. The molecule has 4 aromatic carbocycles. The number of nitrogens with zero attached hydrogens (tertiary/aromatic N) is 1. The summed E-state index contributed by atoms with van der Waals surface area (Å²) in [4.78, 5) is 0.964. The van der Waals surface area contributed by atoms with Gasteiger partial charge in [0.15, 0.2) is 0 Å². The molecular weight excluding hydrogens is 343 g/mol. The number of anilines is 1. The van der Waals surface area contributed by atoms with Gasteiger partial charge in [0.25, 0.3) is 0 Å². The van der Waals surface area contributed by atoms with Gasteiger partial charge in [-0.3, -0.25) is 0 Å². The van der Waals surface area contributed by atoms with E-state index in [2.05, 4.69) is 72.2 Å². The number of fused-ring (bicyclic) bond motifs is 3. The van der Waals surface area contributed by atoms with E-state index in [9.17, 15) is 10.0 Å². The highest BCUT2D eigenvalue weighted by atomic mass is 32.2. The topological polar surface area (TPSA) is 55.7 Å². The lowest BCUT2D eigenvalue weighted by Crippen LogP contribution is -2.35. The van der Waals surface area contributed by atoms with E-state index in [0.717, 1.165) is 16.1 Å². The molecule has 126 valence electrons. The zero-order chi connectivity index (χ0) is 17.7. The molecule has 0 saturated heterocycles. The van der Waals surface area contributed by atoms with Crippen molar-refractivity contribution < 1.29 is 10.0 Å². The van der Waals surface area contributed by atoms with E-state index in [4.69, 9.17) is 0 Å². The molecule has 4 aromatic rings. The van der Waals surface area contributed by atoms with Crippen molar-refractivity contribution in [3.63, 3.8) is 0 Å². The number of hydrogen-bond donors (Lipinski definition) is 3. The summed E-state index contributed by atoms with van der Waals surface area (Å²) < 4.78 is 1.32. The molecule has 3 N–H and O–H groups in total. The fraction of sp³-hybridized carbons (Fsp3) is 0. The van der Waals surface area contributed by atoms with Crippen LogP contribution in [0.1, 0.15) is 0 Å². The Balaban J connectivity index is 1.76. The average Bonchev–Trinajstić information content (AvgIpc) is 3.09. The Kier molecular flexibility index (Phi) is 3.65. The second-order valence-corrected chi connectivity index (χ2v) is 7.30. The largest absolute Gasteiger partial charge is 0.582 e. The van der Waals surface area contributed by atoms with Crippen LogP contribution in [0.2, 0.25) is 0 Å². The standard InChI is InChI=1S/C20H15BN2O2S/c24-21(25)23-22-18-12-15(9-10-19(18)26-23)20-16-7-3-1-5-13(16)11-14-6-2-4-8-17(14)20/h1-12,22,24-25H. The predicted octanol–water partition coefficient (Wildman–Crippen LogP) is 4.28. The molecule has 0 fully saturated rings. The van der Waals surface area contributed by atoms with Gasteiger partial charge in [-0.25, -0.2) is 0 Å². The fourth-order valence-corrected chi connectivity index (χ4v) is 4.31. The van der Waals surface area contributed by atoms with Crippen molar-refractivity contribution in [3.05, 3.63) is 72.8 Å². The van der Waals surface area contributed by atoms with E-state index >= 15 is 0 Å². The van der Waals surface area contributed by atoms with Crippen LogP contribution in [0.5, 0.6) is 0 Å². The third-order valence-electron chi connectivity index (χ3n) is 4.68. The molecule has 26 heavy (non-hydrogen) atoms. The summed E-state index contributed by atoms with van der Waals surface area (Å²) in [7, 11) is -1.56. The van der Waals surface area contributed by atoms with Crippen LogP contribution in [0.3, 0.4) is 0 Å². The summed E-state index contributed by atoms with van der Waals surface area (Å²) >= 11 is 1.28. The Morgan fingerprint density at radius 1 is 0.808 bits per heavy atom. The lowest BCUT2D eigenvalue weighted by atomic mass is 9.92. The van der Waals surface area contributed by atoms with Gasteiger partial charge in [0.05, 0.1) is 5.69 Å². The SMILES string of the molecule is OB(O)N1Nc2cc(-c3c4ccccc4cc4ccccc34)ccc2S1. The van der Waals surface area contributed by atoms with Crippen LogP contribution in [0.25, 0.3) is 32.7 Å². The molecule has 4 nitrogen and oxygen atoms in total. The van der Waals surface area contributed by atoms with Crippen LogP contribution < -0.4 is 5.43 Å². The minimum absolute atomic E-state index is 0.873. The van der Waals surface area contributed by atoms with Crippen molar-refractivity contribution >= 4 is 46.4 Å². The molecule has 0 radical (unpaired) electrons. The van der Waals surface area contributed by atoms with Gasteiger partial charge in [-0.1, -0.05) is 54.6 Å². The van der Waals surface area contributed by atoms with Gasteiger partial charge in [-0.15, -0.1) is 4.33 Å². The summed E-state index contributed by atoms with van der Waals surface area (Å²) in [6.45, 7) is 0. The molecule has 6 heteroatoms. The lowest BCUT2D eigenvalue weighted by molar-refractivity contribution is 0.360. The van der Waals surface area contributed by atoms with Crippen molar-refractivity contribution in [1.29, 1.82) is 0 Å². The van der Waals surface area contributed by atoms with Crippen LogP contribution in [-0.4, -0.2) is 21.6 Å². The molecule has 0 atom stereocenters. The molecular formula is C20H15BN2O2S. The van der Waals surface area contributed by atoms with Crippen molar-refractivity contribution in [2.24, 2.45) is 0 Å². The zero-order valence-corrected chi connectivity index (χ0v) is 14.6. The summed E-state index contributed by atoms with van der Waals surface area (Å²) in [5.41, 5.74) is 6.20. The van der Waals surface area contributed by atoms with Crippen molar-refractivity contribution in [1.82, 2.24) is 4.33 Å². The average molecular weight is 358 g/mol. The van der Waals surface area contributed by atoms with Gasteiger partial charge in [0.2, 0.25) is 0 Å². The normalized spacial score (nSPS) is 13.8. The van der Waals surface area contributed by atoms with E-state index in [-0.39, 0.29) is 0 Å². The van der Waals surface area contributed by atoms with E-state index in [1.54, 1.807) is 0 Å². The molecule has 0 saturated carbocycles. The van der Waals surface area contributed by atoms with Crippen LogP contribution in [0, 0.1) is 0 Å². The molecule has 1 aliphatic rings. The van der Waals surface area contributed by atoms with Gasteiger partial charge >= 0.3 is 7.25 Å². The van der Waals surface area contributed by atoms with Gasteiger partial charge in [0, 0.05) is 4.90 Å². The summed E-state index contributed by atoms with van der Waals surface area (Å²) in [5.74, 6) is 0. The first kappa shape index (κ1) is 15.7. The molecule has 0 bridgehead atoms. The second-order valence-electron chi connectivity index (χ2n) is 6.28. The zero-order valence-electron chi connectivity index (χ0n) is 13.8. The minimum Gasteiger partial charge on any atom is -0.411 e. The Morgan fingerprint density at radius 3 is 2.12 bits per heavy atom. The van der Waals surface area contributed by atoms with Crippen LogP contribution in [0.15, 0.2) is 77.7 Å². The van der Waals surface area contributed by atoms with E-state index in [1.807, 2.05) is 6.07 Å². The second kappa shape index (κ2) is 6.04. The van der Waals surface area contributed by atoms with Gasteiger partial charge in [-0.05, 0) is 62.8 Å². The van der Waals surface area contributed by atoms with Crippen LogP contribution in [-0.2, 0) is 0 Å². The quantitative estimate of drug-likeness (QED) is 0.284.